The molecule has 0 saturated carbocycles. The van der Waals surface area contributed by atoms with Crippen molar-refractivity contribution < 1.29 is 9.59 Å². The highest BCUT2D eigenvalue weighted by Gasteiger charge is 2.30. The van der Waals surface area contributed by atoms with Gasteiger partial charge in [0.25, 0.3) is 0 Å². The van der Waals surface area contributed by atoms with Crippen molar-refractivity contribution in [2.24, 2.45) is 0 Å². The lowest BCUT2D eigenvalue weighted by atomic mass is 10.1. The van der Waals surface area contributed by atoms with E-state index < -0.39 is 6.04 Å². The molecule has 2 amide bonds. The third kappa shape index (κ3) is 7.74. The van der Waals surface area contributed by atoms with Crippen molar-refractivity contribution in [1.82, 2.24) is 10.2 Å². The molecule has 0 aliphatic heterocycles. The molecule has 2 aromatic carbocycles. The van der Waals surface area contributed by atoms with E-state index >= 15 is 0 Å². The smallest absolute Gasteiger partial charge is 0.243 e. The minimum Gasteiger partial charge on any atom is -0.352 e. The molecule has 2 rings (SSSR count). The van der Waals surface area contributed by atoms with Gasteiger partial charge in [0.2, 0.25) is 11.8 Å². The molecular weight excluding hydrogens is 510 g/mol. The second kappa shape index (κ2) is 13.0. The lowest BCUT2D eigenvalue weighted by Gasteiger charge is -2.31. The molecule has 0 heterocycles. The Morgan fingerprint density at radius 3 is 2.25 bits per heavy atom. The fourth-order valence-electron chi connectivity index (χ4n) is 3.12. The first kappa shape index (κ1) is 27.1. The zero-order valence-electron chi connectivity index (χ0n) is 18.1. The molecule has 0 bridgehead atoms. The molecule has 32 heavy (non-hydrogen) atoms. The van der Waals surface area contributed by atoms with Crippen molar-refractivity contribution in [2.75, 3.05) is 5.75 Å². The summed E-state index contributed by atoms with van der Waals surface area (Å²) < 4.78 is 0. The summed E-state index contributed by atoms with van der Waals surface area (Å²) in [6, 6.07) is 9.78. The number of carbonyl (C=O) groups is 2. The summed E-state index contributed by atoms with van der Waals surface area (Å²) in [4.78, 5) is 27.7. The molecule has 0 unspecified atom stereocenters. The highest BCUT2D eigenvalue weighted by Crippen LogP contribution is 2.28. The number of hydrogen-bond acceptors (Lipinski definition) is 3. The van der Waals surface area contributed by atoms with Crippen molar-refractivity contribution in [1.29, 1.82) is 0 Å². The Labute approximate surface area is 213 Å². The van der Waals surface area contributed by atoms with Gasteiger partial charge in [-0.05, 0) is 50.1 Å². The number of halogens is 4. The molecular formula is C23H26Cl4N2O2S. The Balaban J connectivity index is 2.21. The van der Waals surface area contributed by atoms with Crippen molar-refractivity contribution in [3.8, 4) is 0 Å². The normalized spacial score (nSPS) is 12.0. The number of hydrogen-bond donors (Lipinski definition) is 1. The molecule has 0 saturated heterocycles. The van der Waals surface area contributed by atoms with Crippen LogP contribution in [-0.4, -0.2) is 34.6 Å². The fourth-order valence-corrected chi connectivity index (χ4v) is 5.11. The number of thioether (sulfide) groups is 1. The summed E-state index contributed by atoms with van der Waals surface area (Å²) in [5, 5.41) is 4.93. The van der Waals surface area contributed by atoms with Crippen LogP contribution in [-0.2, 0) is 21.9 Å². The van der Waals surface area contributed by atoms with E-state index in [2.05, 4.69) is 5.32 Å². The fraction of sp³-hybridized carbons (Fsp3) is 0.391. The molecule has 0 spiro atoms. The molecule has 0 aromatic heterocycles. The summed E-state index contributed by atoms with van der Waals surface area (Å²) in [5.41, 5.74) is 1.50. The number of nitrogens with one attached hydrogen (secondary N) is 1. The van der Waals surface area contributed by atoms with Crippen LogP contribution in [0.2, 0.25) is 20.1 Å². The Morgan fingerprint density at radius 2 is 1.69 bits per heavy atom. The SMILES string of the molecule is CC[C@@H](C(=O)NC(C)C)N(Cc1c(Cl)cccc1Cl)C(=O)CSCc1ccc(Cl)cc1Cl. The van der Waals surface area contributed by atoms with Crippen molar-refractivity contribution in [3.05, 3.63) is 67.6 Å². The molecule has 1 atom stereocenters. The van der Waals surface area contributed by atoms with Gasteiger partial charge in [-0.25, -0.2) is 0 Å². The maximum atomic E-state index is 13.3. The van der Waals surface area contributed by atoms with Crippen LogP contribution in [0.25, 0.3) is 0 Å². The van der Waals surface area contributed by atoms with Gasteiger partial charge in [0.1, 0.15) is 6.04 Å². The van der Waals surface area contributed by atoms with E-state index in [1.807, 2.05) is 26.8 Å². The van der Waals surface area contributed by atoms with E-state index in [0.29, 0.717) is 37.8 Å². The van der Waals surface area contributed by atoms with E-state index in [-0.39, 0.29) is 30.2 Å². The Morgan fingerprint density at radius 1 is 1.03 bits per heavy atom. The molecule has 0 radical (unpaired) electrons. The van der Waals surface area contributed by atoms with E-state index in [1.165, 1.54) is 11.8 Å². The van der Waals surface area contributed by atoms with Gasteiger partial charge in [0.15, 0.2) is 0 Å². The zero-order chi connectivity index (χ0) is 23.8. The highest BCUT2D eigenvalue weighted by molar-refractivity contribution is 7.99. The van der Waals surface area contributed by atoms with Gasteiger partial charge in [-0.15, -0.1) is 11.8 Å². The van der Waals surface area contributed by atoms with Gasteiger partial charge in [-0.3, -0.25) is 9.59 Å². The molecule has 0 aliphatic carbocycles. The van der Waals surface area contributed by atoms with Gasteiger partial charge in [-0.1, -0.05) is 65.5 Å². The van der Waals surface area contributed by atoms with Crippen molar-refractivity contribution in [3.63, 3.8) is 0 Å². The minimum absolute atomic E-state index is 0.0428. The van der Waals surface area contributed by atoms with Crippen LogP contribution in [0.5, 0.6) is 0 Å². The highest BCUT2D eigenvalue weighted by atomic mass is 35.5. The third-order valence-electron chi connectivity index (χ3n) is 4.71. The van der Waals surface area contributed by atoms with Gasteiger partial charge >= 0.3 is 0 Å². The Kier molecular flexibility index (Phi) is 11.0. The molecule has 2 aromatic rings. The van der Waals surface area contributed by atoms with E-state index in [9.17, 15) is 9.59 Å². The summed E-state index contributed by atoms with van der Waals surface area (Å²) in [7, 11) is 0. The standard InChI is InChI=1S/C23H26Cl4N2O2S/c1-4-21(23(31)28-14(2)3)29(11-17-18(25)6-5-7-19(17)26)22(30)13-32-12-15-8-9-16(24)10-20(15)27/h5-10,14,21H,4,11-13H2,1-3H3,(H,28,31)/t21-/m0/s1. The van der Waals surface area contributed by atoms with Crippen LogP contribution in [0.4, 0.5) is 0 Å². The van der Waals surface area contributed by atoms with Crippen LogP contribution < -0.4 is 5.32 Å². The monoisotopic (exact) mass is 534 g/mol. The summed E-state index contributed by atoms with van der Waals surface area (Å²) in [6.07, 6.45) is 0.458. The van der Waals surface area contributed by atoms with Gasteiger partial charge < -0.3 is 10.2 Å². The van der Waals surface area contributed by atoms with Crippen LogP contribution >= 0.6 is 58.2 Å². The quantitative estimate of drug-likeness (QED) is 0.361. The Bertz CT molecular complexity index is 935. The minimum atomic E-state index is -0.642. The first-order valence-electron chi connectivity index (χ1n) is 10.2. The first-order valence-corrected chi connectivity index (χ1v) is 12.8. The van der Waals surface area contributed by atoms with Crippen molar-refractivity contribution >= 4 is 70.0 Å². The topological polar surface area (TPSA) is 49.4 Å². The number of carbonyl (C=O) groups excluding carboxylic acids is 2. The molecule has 1 N–H and O–H groups in total. The van der Waals surface area contributed by atoms with Gasteiger partial charge in [0, 0.05) is 44.0 Å². The van der Waals surface area contributed by atoms with Crippen LogP contribution in [0.3, 0.4) is 0 Å². The second-order valence-electron chi connectivity index (χ2n) is 7.54. The van der Waals surface area contributed by atoms with Gasteiger partial charge in [-0.2, -0.15) is 0 Å². The summed E-state index contributed by atoms with van der Waals surface area (Å²) in [6.45, 7) is 5.78. The molecule has 9 heteroatoms. The number of nitrogens with zero attached hydrogens (tertiary/aromatic N) is 1. The molecule has 0 fully saturated rings. The largest absolute Gasteiger partial charge is 0.352 e. The summed E-state index contributed by atoms with van der Waals surface area (Å²) in [5.74, 6) is 0.329. The second-order valence-corrected chi connectivity index (χ2v) is 10.2. The predicted molar refractivity (Wildman–Crippen MR) is 137 cm³/mol. The lowest BCUT2D eigenvalue weighted by molar-refractivity contribution is -0.139. The summed E-state index contributed by atoms with van der Waals surface area (Å²) >= 11 is 26.3. The zero-order valence-corrected chi connectivity index (χ0v) is 22.0. The predicted octanol–water partition coefficient (Wildman–Crippen LogP) is 6.87. The van der Waals surface area contributed by atoms with Crippen LogP contribution in [0.15, 0.2) is 36.4 Å². The maximum absolute atomic E-state index is 13.3. The first-order chi connectivity index (χ1) is 15.1. The average molecular weight is 536 g/mol. The van der Waals surface area contributed by atoms with Crippen LogP contribution in [0, 0.1) is 0 Å². The van der Waals surface area contributed by atoms with E-state index in [4.69, 9.17) is 46.4 Å². The lowest BCUT2D eigenvalue weighted by Crippen LogP contribution is -2.51. The maximum Gasteiger partial charge on any atom is 0.243 e. The molecule has 0 aliphatic rings. The molecule has 4 nitrogen and oxygen atoms in total. The average Bonchev–Trinajstić information content (AvgIpc) is 2.71. The van der Waals surface area contributed by atoms with Crippen molar-refractivity contribution in [2.45, 2.75) is 51.6 Å². The van der Waals surface area contributed by atoms with E-state index in [0.717, 1.165) is 5.56 Å². The third-order valence-corrected chi connectivity index (χ3v) is 6.97. The Hall–Kier alpha value is -1.11. The van der Waals surface area contributed by atoms with Gasteiger partial charge in [0.05, 0.1) is 5.75 Å². The number of benzene rings is 2. The number of amides is 2. The van der Waals surface area contributed by atoms with E-state index in [1.54, 1.807) is 35.2 Å². The van der Waals surface area contributed by atoms with Crippen LogP contribution in [0.1, 0.15) is 38.3 Å². The molecule has 174 valence electrons. The number of rotatable bonds is 10.